The van der Waals surface area contributed by atoms with Crippen molar-refractivity contribution in [3.63, 3.8) is 0 Å². The van der Waals surface area contributed by atoms with E-state index in [4.69, 9.17) is 14.2 Å². The average Bonchev–Trinajstić information content (AvgIpc) is 3.08. The summed E-state index contributed by atoms with van der Waals surface area (Å²) < 4.78 is 17.0. The molecule has 0 aromatic carbocycles. The molecule has 0 N–H and O–H groups in total. The zero-order valence-electron chi connectivity index (χ0n) is 33.0. The summed E-state index contributed by atoms with van der Waals surface area (Å²) in [5.74, 6) is -1.82. The predicted octanol–water partition coefficient (Wildman–Crippen LogP) is 8.91. The van der Waals surface area contributed by atoms with Gasteiger partial charge in [-0.1, -0.05) is 126 Å². The van der Waals surface area contributed by atoms with E-state index in [1.54, 1.807) is 21.1 Å². The maximum absolute atomic E-state index is 12.6. The number of hydrogen-bond acceptors (Lipinski definition) is 7. The molecule has 0 heterocycles. The SMILES string of the molecule is CCCCC/C=C/C=C/C=C/C=C/CCCCCCCC(=O)OC(COCCC(C(=O)[O-])[N+](C)(C)C)COC(=O)CCC/C=C/CCCCCC. The van der Waals surface area contributed by atoms with E-state index < -0.39 is 18.1 Å². The van der Waals surface area contributed by atoms with Gasteiger partial charge in [-0.25, -0.2) is 0 Å². The van der Waals surface area contributed by atoms with E-state index in [2.05, 4.69) is 62.5 Å². The van der Waals surface area contributed by atoms with Gasteiger partial charge in [0.25, 0.3) is 0 Å². The minimum absolute atomic E-state index is 0.0197. The number of allylic oxidation sites excluding steroid dienone is 10. The Morgan fingerprint density at radius 3 is 1.69 bits per heavy atom. The minimum Gasteiger partial charge on any atom is -0.544 e. The maximum Gasteiger partial charge on any atom is 0.306 e. The van der Waals surface area contributed by atoms with E-state index >= 15 is 0 Å². The fourth-order valence-corrected chi connectivity index (χ4v) is 5.32. The molecule has 0 radical (unpaired) electrons. The van der Waals surface area contributed by atoms with Gasteiger partial charge in [0.05, 0.1) is 40.3 Å². The Morgan fingerprint density at radius 1 is 0.588 bits per heavy atom. The molecule has 0 aromatic rings. The van der Waals surface area contributed by atoms with Gasteiger partial charge in [0, 0.05) is 19.3 Å². The molecule has 0 spiro atoms. The summed E-state index contributed by atoms with van der Waals surface area (Å²) in [7, 11) is 5.37. The van der Waals surface area contributed by atoms with Gasteiger partial charge in [-0.3, -0.25) is 9.59 Å². The van der Waals surface area contributed by atoms with Crippen molar-refractivity contribution in [2.45, 2.75) is 154 Å². The number of carboxylic acid groups (broad SMARTS) is 1. The van der Waals surface area contributed by atoms with Crippen molar-refractivity contribution in [3.8, 4) is 0 Å². The van der Waals surface area contributed by atoms with Gasteiger partial charge >= 0.3 is 11.9 Å². The van der Waals surface area contributed by atoms with Gasteiger partial charge in [0.2, 0.25) is 0 Å². The Labute approximate surface area is 311 Å². The van der Waals surface area contributed by atoms with Gasteiger partial charge < -0.3 is 28.6 Å². The fraction of sp³-hybridized carbons (Fsp3) is 0.698. The number of carbonyl (C=O) groups excluding carboxylic acids is 3. The molecule has 0 bridgehead atoms. The average molecular weight is 716 g/mol. The zero-order chi connectivity index (χ0) is 37.8. The van der Waals surface area contributed by atoms with Gasteiger partial charge in [-0.15, -0.1) is 0 Å². The monoisotopic (exact) mass is 716 g/mol. The number of ether oxygens (including phenoxy) is 3. The van der Waals surface area contributed by atoms with Crippen LogP contribution in [0.1, 0.15) is 142 Å². The highest BCUT2D eigenvalue weighted by Gasteiger charge is 2.25. The highest BCUT2D eigenvalue weighted by Crippen LogP contribution is 2.12. The van der Waals surface area contributed by atoms with Crippen LogP contribution in [0.5, 0.6) is 0 Å². The highest BCUT2D eigenvalue weighted by atomic mass is 16.6. The van der Waals surface area contributed by atoms with E-state index in [0.29, 0.717) is 12.8 Å². The summed E-state index contributed by atoms with van der Waals surface area (Å²) in [5, 5.41) is 11.6. The van der Waals surface area contributed by atoms with Crippen molar-refractivity contribution in [2.24, 2.45) is 0 Å². The molecule has 0 aliphatic rings. The lowest BCUT2D eigenvalue weighted by atomic mass is 10.1. The molecular formula is C43H73NO7. The molecule has 8 heteroatoms. The number of aliphatic carboxylic acids is 1. The summed E-state index contributed by atoms with van der Waals surface area (Å²) in [5.41, 5.74) is 0. The van der Waals surface area contributed by atoms with E-state index in [9.17, 15) is 19.5 Å². The number of likely N-dealkylation sites (N-methyl/N-ethyl adjacent to an activating group) is 1. The minimum atomic E-state index is -1.14. The molecule has 0 aliphatic carbocycles. The Bertz CT molecular complexity index is 1020. The van der Waals surface area contributed by atoms with E-state index in [0.717, 1.165) is 57.8 Å². The van der Waals surface area contributed by atoms with Crippen LogP contribution in [0.25, 0.3) is 0 Å². The quantitative estimate of drug-likeness (QED) is 0.0216. The first-order valence-electron chi connectivity index (χ1n) is 19.9. The Hall–Kier alpha value is -2.97. The number of carbonyl (C=O) groups is 3. The first kappa shape index (κ1) is 48.0. The zero-order valence-corrected chi connectivity index (χ0v) is 33.0. The highest BCUT2D eigenvalue weighted by molar-refractivity contribution is 5.70. The lowest BCUT2D eigenvalue weighted by Gasteiger charge is -2.34. The van der Waals surface area contributed by atoms with Crippen LogP contribution in [0.4, 0.5) is 0 Å². The summed E-state index contributed by atoms with van der Waals surface area (Å²) in [6, 6.07) is -0.734. The molecule has 0 saturated carbocycles. The topological polar surface area (TPSA) is 102 Å². The number of quaternary nitrogens is 1. The number of rotatable bonds is 34. The lowest BCUT2D eigenvalue weighted by Crippen LogP contribution is -2.55. The molecule has 292 valence electrons. The molecule has 8 nitrogen and oxygen atoms in total. The van der Waals surface area contributed by atoms with Crippen molar-refractivity contribution in [2.75, 3.05) is 41.0 Å². The normalized spacial score (nSPS) is 13.7. The molecule has 51 heavy (non-hydrogen) atoms. The third-order valence-electron chi connectivity index (χ3n) is 8.47. The molecule has 0 aromatic heterocycles. The van der Waals surface area contributed by atoms with Crippen LogP contribution in [0.2, 0.25) is 0 Å². The van der Waals surface area contributed by atoms with Crippen molar-refractivity contribution < 1.29 is 38.2 Å². The largest absolute Gasteiger partial charge is 0.544 e. The molecule has 0 rings (SSSR count). The predicted molar refractivity (Wildman–Crippen MR) is 208 cm³/mol. The van der Waals surface area contributed by atoms with Crippen molar-refractivity contribution >= 4 is 17.9 Å². The van der Waals surface area contributed by atoms with Crippen LogP contribution in [-0.2, 0) is 28.6 Å². The van der Waals surface area contributed by atoms with Gasteiger partial charge in [0.15, 0.2) is 6.10 Å². The maximum atomic E-state index is 12.6. The molecule has 0 aliphatic heterocycles. The number of nitrogens with zero attached hydrogens (tertiary/aromatic N) is 1. The molecule has 2 unspecified atom stereocenters. The van der Waals surface area contributed by atoms with E-state index in [1.807, 2.05) is 12.2 Å². The summed E-state index contributed by atoms with van der Waals surface area (Å²) in [4.78, 5) is 36.6. The molecular weight excluding hydrogens is 642 g/mol. The number of hydrogen-bond donors (Lipinski definition) is 0. The van der Waals surface area contributed by atoms with Crippen LogP contribution in [0.3, 0.4) is 0 Å². The number of carboxylic acids is 1. The van der Waals surface area contributed by atoms with Gasteiger partial charge in [-0.2, -0.15) is 0 Å². The lowest BCUT2D eigenvalue weighted by molar-refractivity contribution is -0.889. The Balaban J connectivity index is 4.47. The second kappa shape index (κ2) is 34.1. The Kier molecular flexibility index (Phi) is 32.1. The second-order valence-corrected chi connectivity index (χ2v) is 14.3. The van der Waals surface area contributed by atoms with Crippen LogP contribution in [-0.4, -0.2) is 75.5 Å². The number of unbranched alkanes of at least 4 members (excludes halogenated alkanes) is 13. The summed E-state index contributed by atoms with van der Waals surface area (Å²) in [6.45, 7) is 4.50. The molecule has 2 atom stereocenters. The molecule has 0 fully saturated rings. The third kappa shape index (κ3) is 32.7. The van der Waals surface area contributed by atoms with Crippen molar-refractivity contribution in [1.82, 2.24) is 0 Å². The fourth-order valence-electron chi connectivity index (χ4n) is 5.32. The van der Waals surface area contributed by atoms with Crippen molar-refractivity contribution in [3.05, 3.63) is 60.8 Å². The summed E-state index contributed by atoms with van der Waals surface area (Å²) >= 11 is 0. The first-order chi connectivity index (χ1) is 24.6. The van der Waals surface area contributed by atoms with Crippen LogP contribution < -0.4 is 5.11 Å². The number of esters is 2. The smallest absolute Gasteiger partial charge is 0.306 e. The van der Waals surface area contributed by atoms with E-state index in [1.165, 1.54) is 44.9 Å². The van der Waals surface area contributed by atoms with Crippen LogP contribution in [0.15, 0.2) is 60.8 Å². The third-order valence-corrected chi connectivity index (χ3v) is 8.47. The Morgan fingerprint density at radius 2 is 1.08 bits per heavy atom. The molecule has 0 amide bonds. The second-order valence-electron chi connectivity index (χ2n) is 14.3. The van der Waals surface area contributed by atoms with Crippen molar-refractivity contribution in [1.29, 1.82) is 0 Å². The van der Waals surface area contributed by atoms with Crippen LogP contribution >= 0.6 is 0 Å². The van der Waals surface area contributed by atoms with E-state index in [-0.39, 0.29) is 49.1 Å². The van der Waals surface area contributed by atoms with Crippen LogP contribution in [0, 0.1) is 0 Å². The van der Waals surface area contributed by atoms with Gasteiger partial charge in [0.1, 0.15) is 12.6 Å². The summed E-state index contributed by atoms with van der Waals surface area (Å²) in [6.07, 6.45) is 39.7. The standard InChI is InChI=1S/C43H73NO7/c1-6-8-10-12-14-16-17-18-19-20-21-22-23-24-26-28-30-32-34-42(46)51-39(37-49-36-35-40(43(47)48)44(3,4)5)38-50-41(45)33-31-29-27-25-15-13-11-9-7-2/h14,16-22,25,27,39-40H,6-13,15,23-24,26,28-38H2,1-5H3/b16-14+,18-17+,20-19+,22-21+,27-25+. The van der Waals surface area contributed by atoms with Gasteiger partial charge in [-0.05, 0) is 57.8 Å². The molecule has 0 saturated heterocycles. The first-order valence-corrected chi connectivity index (χ1v) is 19.9.